The lowest BCUT2D eigenvalue weighted by molar-refractivity contribution is -0.156. The van der Waals surface area contributed by atoms with Crippen LogP contribution in [0.25, 0.3) is 0 Å². The molecule has 0 bridgehead atoms. The van der Waals surface area contributed by atoms with E-state index >= 15 is 0 Å². The highest BCUT2D eigenvalue weighted by molar-refractivity contribution is 5.70. The van der Waals surface area contributed by atoms with E-state index in [2.05, 4.69) is 20.8 Å². The molecule has 1 fully saturated rings. The fraction of sp³-hybridized carbons (Fsp3) is 0.941. The van der Waals surface area contributed by atoms with Crippen LogP contribution in [0.3, 0.4) is 0 Å². The van der Waals surface area contributed by atoms with Gasteiger partial charge in [0.25, 0.3) is 0 Å². The molecule has 0 aliphatic heterocycles. The Labute approximate surface area is 119 Å². The highest BCUT2D eigenvalue weighted by atomic mass is 16.6. The normalized spacial score (nSPS) is 25.2. The summed E-state index contributed by atoms with van der Waals surface area (Å²) in [5.74, 6) is 1.31. The molecule has 0 N–H and O–H groups in total. The average Bonchev–Trinajstić information content (AvgIpc) is 2.11. The van der Waals surface area contributed by atoms with Crippen molar-refractivity contribution in [2.24, 2.45) is 17.3 Å². The van der Waals surface area contributed by atoms with Crippen LogP contribution >= 0.6 is 0 Å². The quantitative estimate of drug-likeness (QED) is 0.676. The van der Waals surface area contributed by atoms with Crippen molar-refractivity contribution in [3.05, 3.63) is 0 Å². The molecule has 1 aliphatic carbocycles. The first-order valence-corrected chi connectivity index (χ1v) is 7.77. The SMILES string of the molecule is CC(C)(C)C[C@H]1CCC[C@@H](CC(=O)OC(C)(C)C)C1. The van der Waals surface area contributed by atoms with E-state index in [1.54, 1.807) is 0 Å². The molecule has 0 saturated heterocycles. The lowest BCUT2D eigenvalue weighted by Crippen LogP contribution is -2.27. The lowest BCUT2D eigenvalue weighted by atomic mass is 9.73. The van der Waals surface area contributed by atoms with Crippen molar-refractivity contribution in [2.45, 2.75) is 85.7 Å². The molecule has 0 aromatic rings. The average molecular weight is 268 g/mol. The molecule has 0 amide bonds. The van der Waals surface area contributed by atoms with Crippen LogP contribution in [-0.2, 0) is 9.53 Å². The second-order valence-corrected chi connectivity index (χ2v) is 8.45. The minimum Gasteiger partial charge on any atom is -0.460 e. The minimum atomic E-state index is -0.351. The minimum absolute atomic E-state index is 0.0195. The topological polar surface area (TPSA) is 26.3 Å². The van der Waals surface area contributed by atoms with Crippen LogP contribution in [0.15, 0.2) is 0 Å². The molecule has 1 saturated carbocycles. The van der Waals surface area contributed by atoms with Gasteiger partial charge in [0.2, 0.25) is 0 Å². The van der Waals surface area contributed by atoms with E-state index in [-0.39, 0.29) is 11.6 Å². The molecule has 1 rings (SSSR count). The van der Waals surface area contributed by atoms with Crippen molar-refractivity contribution < 1.29 is 9.53 Å². The van der Waals surface area contributed by atoms with Crippen LogP contribution in [0.2, 0.25) is 0 Å². The third-order valence-electron chi connectivity index (χ3n) is 3.67. The van der Waals surface area contributed by atoms with Gasteiger partial charge in [-0.3, -0.25) is 4.79 Å². The third kappa shape index (κ3) is 7.59. The molecule has 1 aliphatic rings. The van der Waals surface area contributed by atoms with Gasteiger partial charge in [0.15, 0.2) is 0 Å². The summed E-state index contributed by atoms with van der Waals surface area (Å²) in [6.07, 6.45) is 6.89. The molecular weight excluding hydrogens is 236 g/mol. The predicted octanol–water partition coefficient (Wildman–Crippen LogP) is 4.96. The van der Waals surface area contributed by atoms with Crippen molar-refractivity contribution >= 4 is 5.97 Å². The zero-order valence-corrected chi connectivity index (χ0v) is 13.7. The number of rotatable bonds is 3. The van der Waals surface area contributed by atoms with Crippen molar-refractivity contribution in [1.82, 2.24) is 0 Å². The monoisotopic (exact) mass is 268 g/mol. The molecule has 112 valence electrons. The first-order chi connectivity index (χ1) is 8.55. The highest BCUT2D eigenvalue weighted by Crippen LogP contribution is 2.38. The number of carbonyl (C=O) groups excluding carboxylic acids is 1. The summed E-state index contributed by atoms with van der Waals surface area (Å²) in [7, 11) is 0. The smallest absolute Gasteiger partial charge is 0.306 e. The summed E-state index contributed by atoms with van der Waals surface area (Å²) in [4.78, 5) is 11.9. The van der Waals surface area contributed by atoms with Gasteiger partial charge in [0, 0.05) is 6.42 Å². The Hall–Kier alpha value is -0.530. The molecule has 2 atom stereocenters. The molecule has 0 spiro atoms. The third-order valence-corrected chi connectivity index (χ3v) is 3.67. The van der Waals surface area contributed by atoms with E-state index in [1.165, 1.54) is 32.1 Å². The summed E-state index contributed by atoms with van der Waals surface area (Å²) >= 11 is 0. The number of hydrogen-bond acceptors (Lipinski definition) is 2. The lowest BCUT2D eigenvalue weighted by Gasteiger charge is -2.33. The van der Waals surface area contributed by atoms with Crippen molar-refractivity contribution in [3.8, 4) is 0 Å². The largest absolute Gasteiger partial charge is 0.460 e. The molecule has 0 unspecified atom stereocenters. The Kier molecular flexibility index (Phi) is 5.46. The maximum Gasteiger partial charge on any atom is 0.306 e. The maximum atomic E-state index is 11.9. The van der Waals surface area contributed by atoms with Gasteiger partial charge < -0.3 is 4.74 Å². The number of esters is 1. The van der Waals surface area contributed by atoms with E-state index in [0.717, 1.165) is 5.92 Å². The fourth-order valence-electron chi connectivity index (χ4n) is 3.26. The van der Waals surface area contributed by atoms with Gasteiger partial charge in [0.05, 0.1) is 0 Å². The molecule has 0 aromatic heterocycles. The maximum absolute atomic E-state index is 11.9. The zero-order valence-electron chi connectivity index (χ0n) is 13.7. The Morgan fingerprint density at radius 1 is 1.05 bits per heavy atom. The van der Waals surface area contributed by atoms with Gasteiger partial charge >= 0.3 is 5.97 Å². The van der Waals surface area contributed by atoms with Crippen LogP contribution in [0.1, 0.15) is 80.1 Å². The number of hydrogen-bond donors (Lipinski definition) is 0. The van der Waals surface area contributed by atoms with Crippen LogP contribution in [0, 0.1) is 17.3 Å². The second-order valence-electron chi connectivity index (χ2n) is 8.45. The first kappa shape index (κ1) is 16.5. The number of ether oxygens (including phenoxy) is 1. The van der Waals surface area contributed by atoms with Gasteiger partial charge in [-0.25, -0.2) is 0 Å². The Bertz CT molecular complexity index is 293. The van der Waals surface area contributed by atoms with Gasteiger partial charge in [-0.1, -0.05) is 33.6 Å². The van der Waals surface area contributed by atoms with Crippen molar-refractivity contribution in [1.29, 1.82) is 0 Å². The van der Waals surface area contributed by atoms with E-state index < -0.39 is 0 Å². The Balaban J connectivity index is 2.41. The Morgan fingerprint density at radius 2 is 1.63 bits per heavy atom. The molecule has 19 heavy (non-hydrogen) atoms. The summed E-state index contributed by atoms with van der Waals surface area (Å²) in [5, 5.41) is 0. The van der Waals surface area contributed by atoms with Crippen LogP contribution in [0.5, 0.6) is 0 Å². The summed E-state index contributed by atoms with van der Waals surface area (Å²) < 4.78 is 5.44. The standard InChI is InChI=1S/C17H32O2/c1-16(2,3)12-14-9-7-8-13(10-14)11-15(18)19-17(4,5)6/h13-14H,7-12H2,1-6H3/t13-,14+/m1/s1. The molecule has 0 aromatic carbocycles. The van der Waals surface area contributed by atoms with E-state index in [1.807, 2.05) is 20.8 Å². The zero-order chi connectivity index (χ0) is 14.7. The van der Waals surface area contributed by atoms with Crippen molar-refractivity contribution in [2.75, 3.05) is 0 Å². The summed E-state index contributed by atoms with van der Waals surface area (Å²) in [5.41, 5.74) is 0.0506. The van der Waals surface area contributed by atoms with Crippen LogP contribution in [0.4, 0.5) is 0 Å². The van der Waals surface area contributed by atoms with E-state index in [4.69, 9.17) is 4.74 Å². The van der Waals surface area contributed by atoms with E-state index in [9.17, 15) is 4.79 Å². The molecule has 2 heteroatoms. The molecule has 2 nitrogen and oxygen atoms in total. The van der Waals surface area contributed by atoms with Gasteiger partial charge in [-0.05, 0) is 57.3 Å². The predicted molar refractivity (Wildman–Crippen MR) is 80.0 cm³/mol. The van der Waals surface area contributed by atoms with Crippen LogP contribution in [-0.4, -0.2) is 11.6 Å². The molecule has 0 radical (unpaired) electrons. The fourth-order valence-corrected chi connectivity index (χ4v) is 3.26. The summed E-state index contributed by atoms with van der Waals surface area (Å²) in [6, 6.07) is 0. The van der Waals surface area contributed by atoms with Crippen LogP contribution < -0.4 is 0 Å². The second kappa shape index (κ2) is 6.28. The number of carbonyl (C=O) groups is 1. The van der Waals surface area contributed by atoms with Gasteiger partial charge in [-0.15, -0.1) is 0 Å². The van der Waals surface area contributed by atoms with Gasteiger partial charge in [-0.2, -0.15) is 0 Å². The summed E-state index contributed by atoms with van der Waals surface area (Å²) in [6.45, 7) is 12.7. The Morgan fingerprint density at radius 3 is 2.16 bits per heavy atom. The molecular formula is C17H32O2. The first-order valence-electron chi connectivity index (χ1n) is 7.77. The van der Waals surface area contributed by atoms with Gasteiger partial charge in [0.1, 0.15) is 5.60 Å². The van der Waals surface area contributed by atoms with E-state index in [0.29, 0.717) is 17.8 Å². The molecule has 0 heterocycles. The highest BCUT2D eigenvalue weighted by Gasteiger charge is 2.28. The van der Waals surface area contributed by atoms with Crippen molar-refractivity contribution in [3.63, 3.8) is 0 Å².